The number of ether oxygens (including phenoxy) is 3. The third-order valence-corrected chi connectivity index (χ3v) is 3.59. The van der Waals surface area contributed by atoms with Gasteiger partial charge in [0.1, 0.15) is 11.5 Å². The molecule has 1 aliphatic rings. The van der Waals surface area contributed by atoms with Crippen molar-refractivity contribution in [1.82, 2.24) is 0 Å². The number of esters is 1. The van der Waals surface area contributed by atoms with Crippen molar-refractivity contribution in [3.05, 3.63) is 71.4 Å². The van der Waals surface area contributed by atoms with Crippen LogP contribution < -0.4 is 9.47 Å². The molecular formula is C20H17NO4. The Bertz CT molecular complexity index is 867. The van der Waals surface area contributed by atoms with Crippen molar-refractivity contribution in [2.75, 3.05) is 14.2 Å². The first-order valence-electron chi connectivity index (χ1n) is 7.67. The molecular weight excluding hydrogens is 318 g/mol. The lowest BCUT2D eigenvalue weighted by atomic mass is 10.1. The van der Waals surface area contributed by atoms with E-state index in [1.165, 1.54) is 0 Å². The highest BCUT2D eigenvalue weighted by Crippen LogP contribution is 2.28. The van der Waals surface area contributed by atoms with Crippen LogP contribution in [0.15, 0.2) is 65.3 Å². The van der Waals surface area contributed by atoms with Crippen LogP contribution in [-0.4, -0.2) is 26.1 Å². The largest absolute Gasteiger partial charge is 0.497 e. The van der Waals surface area contributed by atoms with Crippen LogP contribution in [0.2, 0.25) is 0 Å². The molecule has 25 heavy (non-hydrogen) atoms. The van der Waals surface area contributed by atoms with Crippen molar-refractivity contribution in [3.8, 4) is 11.5 Å². The summed E-state index contributed by atoms with van der Waals surface area (Å²) in [7, 11) is 3.14. The van der Waals surface area contributed by atoms with E-state index in [1.54, 1.807) is 44.6 Å². The zero-order valence-corrected chi connectivity index (χ0v) is 13.9. The van der Waals surface area contributed by atoms with Crippen LogP contribution in [0.5, 0.6) is 11.5 Å². The van der Waals surface area contributed by atoms with Gasteiger partial charge in [-0.1, -0.05) is 30.3 Å². The number of benzene rings is 2. The molecule has 0 amide bonds. The van der Waals surface area contributed by atoms with Gasteiger partial charge in [0.15, 0.2) is 5.70 Å². The maximum atomic E-state index is 12.0. The molecule has 0 aromatic heterocycles. The molecule has 2 aromatic carbocycles. The van der Waals surface area contributed by atoms with E-state index >= 15 is 0 Å². The van der Waals surface area contributed by atoms with E-state index < -0.39 is 5.97 Å². The Kier molecular flexibility index (Phi) is 4.95. The first-order valence-corrected chi connectivity index (χ1v) is 7.67. The normalized spacial score (nSPS) is 15.4. The van der Waals surface area contributed by atoms with Gasteiger partial charge in [0.25, 0.3) is 0 Å². The van der Waals surface area contributed by atoms with Crippen LogP contribution in [0, 0.1) is 0 Å². The average Bonchev–Trinajstić information content (AvgIpc) is 3.00. The molecule has 0 saturated heterocycles. The number of methoxy groups -OCH3 is 2. The maximum Gasteiger partial charge on any atom is 0.363 e. The average molecular weight is 335 g/mol. The minimum atomic E-state index is -0.495. The SMILES string of the molecule is COc1ccc(C=C2N=C(C=Cc3ccccc3)OC2=O)c(OC)c1. The molecule has 5 nitrogen and oxygen atoms in total. The summed E-state index contributed by atoms with van der Waals surface area (Å²) in [6.07, 6.45) is 5.13. The van der Waals surface area contributed by atoms with Crippen LogP contribution in [-0.2, 0) is 9.53 Å². The molecule has 1 aliphatic heterocycles. The number of carbonyl (C=O) groups excluding carboxylic acids is 1. The molecule has 0 fully saturated rings. The van der Waals surface area contributed by atoms with E-state index in [1.807, 2.05) is 36.4 Å². The molecule has 3 rings (SSSR count). The minimum absolute atomic E-state index is 0.219. The van der Waals surface area contributed by atoms with Crippen molar-refractivity contribution in [2.45, 2.75) is 0 Å². The molecule has 0 saturated carbocycles. The first-order chi connectivity index (χ1) is 12.2. The highest BCUT2D eigenvalue weighted by atomic mass is 16.6. The van der Waals surface area contributed by atoms with Crippen LogP contribution in [0.1, 0.15) is 11.1 Å². The van der Waals surface area contributed by atoms with Crippen LogP contribution in [0.4, 0.5) is 0 Å². The Morgan fingerprint density at radius 3 is 2.52 bits per heavy atom. The van der Waals surface area contributed by atoms with Crippen LogP contribution in [0.25, 0.3) is 12.2 Å². The van der Waals surface area contributed by atoms with E-state index in [0.29, 0.717) is 17.1 Å². The number of aliphatic imine (C=N–C) groups is 1. The topological polar surface area (TPSA) is 57.1 Å². The summed E-state index contributed by atoms with van der Waals surface area (Å²) >= 11 is 0. The lowest BCUT2D eigenvalue weighted by Gasteiger charge is -2.07. The summed E-state index contributed by atoms with van der Waals surface area (Å²) in [5.41, 5.74) is 1.93. The molecule has 0 aliphatic carbocycles. The number of carbonyl (C=O) groups is 1. The molecule has 5 heteroatoms. The fourth-order valence-electron chi connectivity index (χ4n) is 2.31. The Hall–Kier alpha value is -3.34. The molecule has 1 heterocycles. The van der Waals surface area contributed by atoms with E-state index in [9.17, 15) is 4.79 Å². The lowest BCUT2D eigenvalue weighted by molar-refractivity contribution is -0.129. The number of hydrogen-bond acceptors (Lipinski definition) is 5. The summed E-state index contributed by atoms with van der Waals surface area (Å²) in [6, 6.07) is 15.0. The molecule has 126 valence electrons. The highest BCUT2D eigenvalue weighted by Gasteiger charge is 2.21. The zero-order valence-electron chi connectivity index (χ0n) is 13.9. The van der Waals surface area contributed by atoms with Gasteiger partial charge in [0, 0.05) is 17.7 Å². The molecule has 2 aromatic rings. The summed E-state index contributed by atoms with van der Waals surface area (Å²) in [5, 5.41) is 0. The summed E-state index contributed by atoms with van der Waals surface area (Å²) in [5.74, 6) is 1.02. The zero-order chi connectivity index (χ0) is 17.6. The van der Waals surface area contributed by atoms with E-state index in [-0.39, 0.29) is 11.6 Å². The summed E-state index contributed by atoms with van der Waals surface area (Å²) in [6.45, 7) is 0. The molecule has 0 radical (unpaired) electrons. The summed E-state index contributed by atoms with van der Waals surface area (Å²) < 4.78 is 15.7. The second-order valence-corrected chi connectivity index (χ2v) is 5.22. The maximum absolute atomic E-state index is 12.0. The van der Waals surface area contributed by atoms with E-state index in [4.69, 9.17) is 14.2 Å². The van der Waals surface area contributed by atoms with Gasteiger partial charge < -0.3 is 14.2 Å². The van der Waals surface area contributed by atoms with Gasteiger partial charge in [-0.15, -0.1) is 0 Å². The number of rotatable bonds is 5. The predicted molar refractivity (Wildman–Crippen MR) is 96.5 cm³/mol. The van der Waals surface area contributed by atoms with Gasteiger partial charge in [-0.05, 0) is 29.8 Å². The van der Waals surface area contributed by atoms with Crippen molar-refractivity contribution < 1.29 is 19.0 Å². The third-order valence-electron chi connectivity index (χ3n) is 3.59. The molecule has 0 spiro atoms. The quantitative estimate of drug-likeness (QED) is 0.617. The lowest BCUT2D eigenvalue weighted by Crippen LogP contribution is -2.01. The fourth-order valence-corrected chi connectivity index (χ4v) is 2.31. The van der Waals surface area contributed by atoms with Gasteiger partial charge in [-0.3, -0.25) is 0 Å². The standard InChI is InChI=1S/C20H17NO4/c1-23-16-10-9-15(18(13-16)24-2)12-17-20(22)25-19(21-17)11-8-14-6-4-3-5-7-14/h3-13H,1-2H3. The van der Waals surface area contributed by atoms with Crippen LogP contribution >= 0.6 is 0 Å². The first kappa shape index (κ1) is 16.5. The predicted octanol–water partition coefficient (Wildman–Crippen LogP) is 3.71. The monoisotopic (exact) mass is 335 g/mol. The second kappa shape index (κ2) is 7.49. The molecule has 0 atom stereocenters. The number of cyclic esters (lactones) is 1. The second-order valence-electron chi connectivity index (χ2n) is 5.22. The third kappa shape index (κ3) is 3.95. The number of nitrogens with zero attached hydrogens (tertiary/aromatic N) is 1. The number of hydrogen-bond donors (Lipinski definition) is 0. The fraction of sp³-hybridized carbons (Fsp3) is 0.100. The Morgan fingerprint density at radius 1 is 1.00 bits per heavy atom. The van der Waals surface area contributed by atoms with Crippen molar-refractivity contribution in [1.29, 1.82) is 0 Å². The molecule has 0 bridgehead atoms. The smallest absolute Gasteiger partial charge is 0.363 e. The van der Waals surface area contributed by atoms with Gasteiger partial charge >= 0.3 is 5.97 Å². The molecule has 0 unspecified atom stereocenters. The Morgan fingerprint density at radius 2 is 1.80 bits per heavy atom. The van der Waals surface area contributed by atoms with E-state index in [0.717, 1.165) is 5.56 Å². The Labute approximate surface area is 145 Å². The van der Waals surface area contributed by atoms with Gasteiger partial charge in [-0.25, -0.2) is 9.79 Å². The van der Waals surface area contributed by atoms with E-state index in [2.05, 4.69) is 4.99 Å². The minimum Gasteiger partial charge on any atom is -0.497 e. The van der Waals surface area contributed by atoms with Crippen molar-refractivity contribution >= 4 is 24.0 Å². The van der Waals surface area contributed by atoms with Crippen LogP contribution in [0.3, 0.4) is 0 Å². The van der Waals surface area contributed by atoms with Gasteiger partial charge in [-0.2, -0.15) is 0 Å². The van der Waals surface area contributed by atoms with Gasteiger partial charge in [0.05, 0.1) is 14.2 Å². The Balaban J connectivity index is 1.85. The van der Waals surface area contributed by atoms with Gasteiger partial charge in [0.2, 0.25) is 5.90 Å². The molecule has 0 N–H and O–H groups in total. The van der Waals surface area contributed by atoms with Crippen molar-refractivity contribution in [3.63, 3.8) is 0 Å². The van der Waals surface area contributed by atoms with Crippen molar-refractivity contribution in [2.24, 2.45) is 4.99 Å². The highest BCUT2D eigenvalue weighted by molar-refractivity contribution is 6.11. The summed E-state index contributed by atoms with van der Waals surface area (Å²) in [4.78, 5) is 16.2.